The first-order valence-electron chi connectivity index (χ1n) is 6.47. The Balaban J connectivity index is 1.99. The maximum absolute atomic E-state index is 12.2. The van der Waals surface area contributed by atoms with E-state index in [1.165, 1.54) is 11.8 Å². The molecule has 0 saturated heterocycles. The minimum absolute atomic E-state index is 0.0640. The van der Waals surface area contributed by atoms with Crippen LogP contribution in [-0.4, -0.2) is 19.3 Å². The summed E-state index contributed by atoms with van der Waals surface area (Å²) in [5.41, 5.74) is 2.66. The third kappa shape index (κ3) is 2.67. The predicted molar refractivity (Wildman–Crippen MR) is 84.7 cm³/mol. The fraction of sp³-hybridized carbons (Fsp3) is 0.118. The van der Waals surface area contributed by atoms with E-state index in [0.29, 0.717) is 0 Å². The number of thioether (sulfide) groups is 1. The van der Waals surface area contributed by atoms with Gasteiger partial charge in [0.05, 0.1) is 14.2 Å². The van der Waals surface area contributed by atoms with Gasteiger partial charge in [-0.05, 0) is 53.7 Å². The molecule has 3 rings (SSSR count). The number of benzene rings is 2. The van der Waals surface area contributed by atoms with Crippen molar-refractivity contribution in [1.82, 2.24) is 0 Å². The van der Waals surface area contributed by atoms with Crippen molar-refractivity contribution in [2.45, 2.75) is 4.90 Å². The van der Waals surface area contributed by atoms with Crippen LogP contribution in [0.15, 0.2) is 47.4 Å². The normalized spacial score (nSPS) is 15.1. The second-order valence-electron chi connectivity index (χ2n) is 4.58. The largest absolute Gasteiger partial charge is 0.497 e. The molecular weight excluding hydrogens is 284 g/mol. The van der Waals surface area contributed by atoms with E-state index in [2.05, 4.69) is 0 Å². The van der Waals surface area contributed by atoms with Crippen LogP contribution in [0.25, 0.3) is 11.6 Å². The predicted octanol–water partition coefficient (Wildman–Crippen LogP) is 3.88. The van der Waals surface area contributed by atoms with Crippen molar-refractivity contribution in [2.24, 2.45) is 0 Å². The van der Waals surface area contributed by atoms with E-state index in [0.717, 1.165) is 33.1 Å². The second-order valence-corrected chi connectivity index (χ2v) is 5.60. The van der Waals surface area contributed by atoms with Crippen LogP contribution in [0.1, 0.15) is 11.1 Å². The standard InChI is InChI=1S/C17H14O3S/c1-19-12-5-3-11(4-6-12)9-15-14-8-7-13(20-2)10-16(14)21-17(15)18/h3-10H,1-2H3. The lowest BCUT2D eigenvalue weighted by Gasteiger charge is -2.03. The summed E-state index contributed by atoms with van der Waals surface area (Å²) in [4.78, 5) is 13.1. The van der Waals surface area contributed by atoms with Crippen LogP contribution in [0, 0.1) is 0 Å². The third-order valence-corrected chi connectivity index (χ3v) is 4.29. The Kier molecular flexibility index (Phi) is 3.71. The maximum atomic E-state index is 12.2. The fourth-order valence-electron chi connectivity index (χ4n) is 2.20. The van der Waals surface area contributed by atoms with Gasteiger partial charge in [-0.25, -0.2) is 0 Å². The van der Waals surface area contributed by atoms with Gasteiger partial charge in [0.15, 0.2) is 0 Å². The van der Waals surface area contributed by atoms with Crippen LogP contribution in [0.4, 0.5) is 0 Å². The van der Waals surface area contributed by atoms with Gasteiger partial charge in [-0.2, -0.15) is 0 Å². The van der Waals surface area contributed by atoms with Crippen molar-refractivity contribution in [3.63, 3.8) is 0 Å². The van der Waals surface area contributed by atoms with Crippen molar-refractivity contribution in [1.29, 1.82) is 0 Å². The molecule has 106 valence electrons. The van der Waals surface area contributed by atoms with Crippen LogP contribution in [0.3, 0.4) is 0 Å². The Morgan fingerprint density at radius 2 is 1.62 bits per heavy atom. The topological polar surface area (TPSA) is 35.5 Å². The summed E-state index contributed by atoms with van der Waals surface area (Å²) >= 11 is 1.24. The van der Waals surface area contributed by atoms with E-state index in [-0.39, 0.29) is 5.12 Å². The monoisotopic (exact) mass is 298 g/mol. The quantitative estimate of drug-likeness (QED) is 0.806. The lowest BCUT2D eigenvalue weighted by molar-refractivity contribution is -0.106. The average Bonchev–Trinajstić information content (AvgIpc) is 2.83. The summed E-state index contributed by atoms with van der Waals surface area (Å²) in [6, 6.07) is 13.3. The third-order valence-electron chi connectivity index (χ3n) is 3.33. The first-order chi connectivity index (χ1) is 10.2. The summed E-state index contributed by atoms with van der Waals surface area (Å²) in [7, 11) is 3.26. The SMILES string of the molecule is COc1ccc(C=C2C(=O)Sc3cc(OC)ccc32)cc1. The molecule has 1 aliphatic rings. The van der Waals surface area contributed by atoms with Crippen molar-refractivity contribution in [2.75, 3.05) is 14.2 Å². The molecular formula is C17H14O3S. The molecule has 2 aromatic carbocycles. The molecule has 0 radical (unpaired) electrons. The average molecular weight is 298 g/mol. The zero-order chi connectivity index (χ0) is 14.8. The highest BCUT2D eigenvalue weighted by atomic mass is 32.2. The molecule has 0 fully saturated rings. The lowest BCUT2D eigenvalue weighted by atomic mass is 10.0. The molecule has 0 bridgehead atoms. The number of hydrogen-bond acceptors (Lipinski definition) is 4. The Hall–Kier alpha value is -2.20. The first kappa shape index (κ1) is 13.8. The molecule has 0 aromatic heterocycles. The summed E-state index contributed by atoms with van der Waals surface area (Å²) < 4.78 is 10.3. The van der Waals surface area contributed by atoms with Gasteiger partial charge in [-0.3, -0.25) is 4.79 Å². The smallest absolute Gasteiger partial charge is 0.224 e. The molecule has 1 heterocycles. The van der Waals surface area contributed by atoms with Crippen LogP contribution in [-0.2, 0) is 4.79 Å². The maximum Gasteiger partial charge on any atom is 0.224 e. The molecule has 0 N–H and O–H groups in total. The zero-order valence-corrected chi connectivity index (χ0v) is 12.6. The minimum atomic E-state index is 0.0640. The van der Waals surface area contributed by atoms with E-state index in [9.17, 15) is 4.79 Å². The first-order valence-corrected chi connectivity index (χ1v) is 7.29. The minimum Gasteiger partial charge on any atom is -0.497 e. The number of methoxy groups -OCH3 is 2. The van der Waals surface area contributed by atoms with E-state index < -0.39 is 0 Å². The summed E-state index contributed by atoms with van der Waals surface area (Å²) in [6.07, 6.45) is 1.91. The van der Waals surface area contributed by atoms with E-state index >= 15 is 0 Å². The number of rotatable bonds is 3. The molecule has 0 amide bonds. The molecule has 2 aromatic rings. The molecule has 1 aliphatic heterocycles. The molecule has 4 heteroatoms. The number of fused-ring (bicyclic) bond motifs is 1. The molecule has 0 spiro atoms. The fourth-order valence-corrected chi connectivity index (χ4v) is 3.15. The molecule has 0 unspecified atom stereocenters. The van der Waals surface area contributed by atoms with Gasteiger partial charge in [-0.15, -0.1) is 0 Å². The summed E-state index contributed by atoms with van der Waals surface area (Å²) in [5.74, 6) is 1.56. The lowest BCUT2D eigenvalue weighted by Crippen LogP contribution is -1.89. The van der Waals surface area contributed by atoms with Gasteiger partial charge in [0.25, 0.3) is 0 Å². The van der Waals surface area contributed by atoms with Gasteiger partial charge in [-0.1, -0.05) is 12.1 Å². The van der Waals surface area contributed by atoms with Gasteiger partial charge in [0.2, 0.25) is 5.12 Å². The highest BCUT2D eigenvalue weighted by Crippen LogP contribution is 2.42. The zero-order valence-electron chi connectivity index (χ0n) is 11.8. The highest BCUT2D eigenvalue weighted by Gasteiger charge is 2.25. The Morgan fingerprint density at radius 3 is 2.29 bits per heavy atom. The Labute approximate surface area is 127 Å². The molecule has 0 aliphatic carbocycles. The molecule has 3 nitrogen and oxygen atoms in total. The molecule has 0 atom stereocenters. The Bertz CT molecular complexity index is 717. The highest BCUT2D eigenvalue weighted by molar-refractivity contribution is 8.15. The number of carbonyl (C=O) groups excluding carboxylic acids is 1. The summed E-state index contributed by atoms with van der Waals surface area (Å²) in [6.45, 7) is 0. The van der Waals surface area contributed by atoms with Gasteiger partial charge in [0.1, 0.15) is 11.5 Å². The number of ether oxygens (including phenoxy) is 2. The van der Waals surface area contributed by atoms with Gasteiger partial charge in [0, 0.05) is 16.0 Å². The molecule has 0 saturated carbocycles. The number of carbonyl (C=O) groups is 1. The van der Waals surface area contributed by atoms with Crippen LogP contribution < -0.4 is 9.47 Å². The van der Waals surface area contributed by atoms with Crippen LogP contribution >= 0.6 is 11.8 Å². The van der Waals surface area contributed by atoms with Crippen molar-refractivity contribution >= 4 is 28.5 Å². The van der Waals surface area contributed by atoms with Crippen LogP contribution in [0.5, 0.6) is 11.5 Å². The summed E-state index contributed by atoms with van der Waals surface area (Å²) in [5, 5.41) is 0.0640. The van der Waals surface area contributed by atoms with E-state index in [1.54, 1.807) is 14.2 Å². The molecule has 21 heavy (non-hydrogen) atoms. The van der Waals surface area contributed by atoms with Gasteiger partial charge >= 0.3 is 0 Å². The van der Waals surface area contributed by atoms with Crippen molar-refractivity contribution < 1.29 is 14.3 Å². The Morgan fingerprint density at radius 1 is 0.952 bits per heavy atom. The van der Waals surface area contributed by atoms with Crippen LogP contribution in [0.2, 0.25) is 0 Å². The van der Waals surface area contributed by atoms with Crippen molar-refractivity contribution in [3.05, 3.63) is 53.6 Å². The van der Waals surface area contributed by atoms with E-state index in [1.807, 2.05) is 48.5 Å². The van der Waals surface area contributed by atoms with Gasteiger partial charge < -0.3 is 9.47 Å². The van der Waals surface area contributed by atoms with Crippen molar-refractivity contribution in [3.8, 4) is 11.5 Å². The second kappa shape index (κ2) is 5.66. The number of hydrogen-bond donors (Lipinski definition) is 0. The van der Waals surface area contributed by atoms with E-state index in [4.69, 9.17) is 9.47 Å².